The van der Waals surface area contributed by atoms with E-state index in [1.54, 1.807) is 0 Å². The third-order valence-corrected chi connectivity index (χ3v) is 5.40. The molecule has 2 rings (SSSR count). The second-order valence-electron chi connectivity index (χ2n) is 5.92. The van der Waals surface area contributed by atoms with Crippen LogP contribution in [-0.2, 0) is 27.9 Å². The highest BCUT2D eigenvalue weighted by Crippen LogP contribution is 2.13. The number of amides is 1. The van der Waals surface area contributed by atoms with Gasteiger partial charge < -0.3 is 5.32 Å². The number of rotatable bonds is 7. The lowest BCUT2D eigenvalue weighted by atomic mass is 10.1. The molecule has 2 aromatic carbocycles. The Morgan fingerprint density at radius 1 is 1.04 bits per heavy atom. The Bertz CT molecular complexity index is 818. The average Bonchev–Trinajstić information content (AvgIpc) is 2.55. The lowest BCUT2D eigenvalue weighted by Crippen LogP contribution is -2.39. The van der Waals surface area contributed by atoms with Crippen molar-refractivity contribution in [3.8, 4) is 0 Å². The number of halogens is 1. The van der Waals surface area contributed by atoms with Crippen LogP contribution in [0.2, 0.25) is 0 Å². The van der Waals surface area contributed by atoms with Crippen molar-refractivity contribution in [2.45, 2.75) is 20.0 Å². The number of carbonyl (C=O) groups excluding carboxylic acids is 1. The zero-order valence-electron chi connectivity index (χ0n) is 14.2. The molecule has 0 aliphatic heterocycles. The number of hydrogen-bond acceptors (Lipinski definition) is 3. The van der Waals surface area contributed by atoms with E-state index in [9.17, 15) is 13.2 Å². The molecule has 1 N–H and O–H groups in total. The fourth-order valence-corrected chi connectivity index (χ4v) is 3.21. The van der Waals surface area contributed by atoms with Gasteiger partial charge in [0.25, 0.3) is 0 Å². The van der Waals surface area contributed by atoms with Crippen molar-refractivity contribution in [3.63, 3.8) is 0 Å². The number of sulfonamides is 1. The van der Waals surface area contributed by atoms with Crippen LogP contribution < -0.4 is 5.32 Å². The summed E-state index contributed by atoms with van der Waals surface area (Å²) < 4.78 is 26.1. The van der Waals surface area contributed by atoms with Gasteiger partial charge >= 0.3 is 0 Å². The minimum Gasteiger partial charge on any atom is -0.351 e. The van der Waals surface area contributed by atoms with E-state index in [1.807, 2.05) is 55.5 Å². The highest BCUT2D eigenvalue weighted by molar-refractivity contribution is 9.10. The molecule has 0 spiro atoms. The van der Waals surface area contributed by atoms with Crippen LogP contribution in [0.5, 0.6) is 0 Å². The number of nitrogens with one attached hydrogen (secondary N) is 1. The zero-order valence-corrected chi connectivity index (χ0v) is 16.6. The normalized spacial score (nSPS) is 11.5. The predicted octanol–water partition coefficient (Wildman–Crippen LogP) is 2.84. The van der Waals surface area contributed by atoms with Crippen molar-refractivity contribution in [1.29, 1.82) is 0 Å². The van der Waals surface area contributed by atoms with Crippen molar-refractivity contribution >= 4 is 31.9 Å². The highest BCUT2D eigenvalue weighted by atomic mass is 79.9. The number of hydrogen-bond donors (Lipinski definition) is 1. The molecule has 7 heteroatoms. The van der Waals surface area contributed by atoms with E-state index in [4.69, 9.17) is 0 Å². The molecule has 1 amide bonds. The Hall–Kier alpha value is -1.70. The Balaban J connectivity index is 1.97. The summed E-state index contributed by atoms with van der Waals surface area (Å²) in [4.78, 5) is 12.2. The Morgan fingerprint density at radius 2 is 1.60 bits per heavy atom. The van der Waals surface area contributed by atoms with Crippen LogP contribution in [0.25, 0.3) is 0 Å². The summed E-state index contributed by atoms with van der Waals surface area (Å²) in [5.41, 5.74) is 2.94. The van der Waals surface area contributed by atoms with E-state index in [0.29, 0.717) is 6.54 Å². The average molecular weight is 425 g/mol. The van der Waals surface area contributed by atoms with Crippen LogP contribution in [-0.4, -0.2) is 31.4 Å². The van der Waals surface area contributed by atoms with Gasteiger partial charge in [-0.3, -0.25) is 4.79 Å². The first-order chi connectivity index (χ1) is 11.7. The molecule has 0 aliphatic rings. The van der Waals surface area contributed by atoms with Crippen molar-refractivity contribution in [1.82, 2.24) is 9.62 Å². The number of aryl methyl sites for hydroxylation is 1. The van der Waals surface area contributed by atoms with Crippen LogP contribution in [0.15, 0.2) is 53.0 Å². The van der Waals surface area contributed by atoms with E-state index in [1.165, 1.54) is 4.31 Å². The fraction of sp³-hybridized carbons (Fsp3) is 0.278. The van der Waals surface area contributed by atoms with E-state index < -0.39 is 10.0 Å². The molecule has 0 saturated carbocycles. The van der Waals surface area contributed by atoms with E-state index in [0.717, 1.165) is 27.4 Å². The van der Waals surface area contributed by atoms with Gasteiger partial charge in [-0.05, 0) is 30.2 Å². The van der Waals surface area contributed by atoms with Crippen molar-refractivity contribution in [3.05, 3.63) is 69.7 Å². The molecule has 0 fully saturated rings. The minimum atomic E-state index is -3.50. The van der Waals surface area contributed by atoms with Gasteiger partial charge in [0, 0.05) is 17.6 Å². The van der Waals surface area contributed by atoms with E-state index >= 15 is 0 Å². The van der Waals surface area contributed by atoms with Gasteiger partial charge in [-0.1, -0.05) is 57.9 Å². The molecule has 2 aromatic rings. The second-order valence-corrected chi connectivity index (χ2v) is 8.82. The predicted molar refractivity (Wildman–Crippen MR) is 102 cm³/mol. The standard InChI is InChI=1S/C18H21BrN2O3S/c1-14-3-5-15(6-4-14)11-20-18(22)13-21(25(2,23)24)12-16-7-9-17(19)10-8-16/h3-10H,11-13H2,1-2H3,(H,20,22). The van der Waals surface area contributed by atoms with Gasteiger partial charge in [0.1, 0.15) is 0 Å². The lowest BCUT2D eigenvalue weighted by molar-refractivity contribution is -0.121. The summed E-state index contributed by atoms with van der Waals surface area (Å²) in [6, 6.07) is 15.1. The molecule has 25 heavy (non-hydrogen) atoms. The third kappa shape index (κ3) is 6.61. The van der Waals surface area contributed by atoms with Crippen LogP contribution in [0, 0.1) is 6.92 Å². The Kier molecular flexibility index (Phi) is 6.75. The molecule has 134 valence electrons. The first kappa shape index (κ1) is 19.6. The number of carbonyl (C=O) groups is 1. The quantitative estimate of drug-likeness (QED) is 0.742. The molecule has 0 aliphatic carbocycles. The van der Waals surface area contributed by atoms with Crippen molar-refractivity contribution in [2.24, 2.45) is 0 Å². The summed E-state index contributed by atoms with van der Waals surface area (Å²) in [6.07, 6.45) is 1.11. The molecule has 0 atom stereocenters. The third-order valence-electron chi connectivity index (χ3n) is 3.67. The van der Waals surface area contributed by atoms with Crippen LogP contribution in [0.1, 0.15) is 16.7 Å². The molecule has 0 heterocycles. The summed E-state index contributed by atoms with van der Waals surface area (Å²) >= 11 is 3.34. The monoisotopic (exact) mass is 424 g/mol. The molecule has 0 unspecified atom stereocenters. The molecule has 0 radical (unpaired) electrons. The first-order valence-electron chi connectivity index (χ1n) is 7.76. The maximum Gasteiger partial charge on any atom is 0.235 e. The zero-order chi connectivity index (χ0) is 18.4. The van der Waals surface area contributed by atoms with E-state index in [-0.39, 0.29) is 19.0 Å². The van der Waals surface area contributed by atoms with Crippen molar-refractivity contribution in [2.75, 3.05) is 12.8 Å². The fourth-order valence-electron chi connectivity index (χ4n) is 2.21. The molecular weight excluding hydrogens is 404 g/mol. The summed E-state index contributed by atoms with van der Waals surface area (Å²) in [7, 11) is -3.50. The second kappa shape index (κ2) is 8.60. The van der Waals surface area contributed by atoms with Gasteiger partial charge in [-0.25, -0.2) is 8.42 Å². The van der Waals surface area contributed by atoms with Gasteiger partial charge in [-0.15, -0.1) is 0 Å². The smallest absolute Gasteiger partial charge is 0.235 e. The van der Waals surface area contributed by atoms with Gasteiger partial charge in [0.05, 0.1) is 12.8 Å². The largest absolute Gasteiger partial charge is 0.351 e. The minimum absolute atomic E-state index is 0.157. The Morgan fingerprint density at radius 3 is 2.16 bits per heavy atom. The van der Waals surface area contributed by atoms with Crippen LogP contribution in [0.4, 0.5) is 0 Å². The molecule has 0 saturated heterocycles. The summed E-state index contributed by atoms with van der Waals surface area (Å²) in [6.45, 7) is 2.31. The van der Waals surface area contributed by atoms with E-state index in [2.05, 4.69) is 21.2 Å². The highest BCUT2D eigenvalue weighted by Gasteiger charge is 2.20. The van der Waals surface area contributed by atoms with Crippen LogP contribution >= 0.6 is 15.9 Å². The molecule has 0 bridgehead atoms. The summed E-state index contributed by atoms with van der Waals surface area (Å²) in [5.74, 6) is -0.330. The van der Waals surface area contributed by atoms with Gasteiger partial charge in [0.2, 0.25) is 15.9 Å². The van der Waals surface area contributed by atoms with Crippen LogP contribution in [0.3, 0.4) is 0 Å². The first-order valence-corrected chi connectivity index (χ1v) is 10.4. The lowest BCUT2D eigenvalue weighted by Gasteiger charge is -2.19. The SMILES string of the molecule is Cc1ccc(CNC(=O)CN(Cc2ccc(Br)cc2)S(C)(=O)=O)cc1. The maximum atomic E-state index is 12.2. The summed E-state index contributed by atoms with van der Waals surface area (Å²) in [5, 5.41) is 2.76. The number of nitrogens with zero attached hydrogens (tertiary/aromatic N) is 1. The van der Waals surface area contributed by atoms with Gasteiger partial charge in [0.15, 0.2) is 0 Å². The van der Waals surface area contributed by atoms with Gasteiger partial charge in [-0.2, -0.15) is 4.31 Å². The molecule has 5 nitrogen and oxygen atoms in total. The Labute approximate surface area is 157 Å². The number of benzene rings is 2. The molecular formula is C18H21BrN2O3S. The topological polar surface area (TPSA) is 66.5 Å². The van der Waals surface area contributed by atoms with Crippen molar-refractivity contribution < 1.29 is 13.2 Å². The maximum absolute atomic E-state index is 12.2. The molecule has 0 aromatic heterocycles.